The second-order valence-corrected chi connectivity index (χ2v) is 5.35. The molecule has 0 amide bonds. The molecule has 1 unspecified atom stereocenters. The number of rotatable bonds is 6. The van der Waals surface area contributed by atoms with Crippen LogP contribution >= 0.6 is 23.4 Å². The second kappa shape index (κ2) is 5.87. The zero-order chi connectivity index (χ0) is 11.4. The molecule has 1 atom stereocenters. The van der Waals surface area contributed by atoms with Gasteiger partial charge in [-0.15, -0.1) is 11.8 Å². The van der Waals surface area contributed by atoms with Crippen LogP contribution in [0.1, 0.15) is 12.8 Å². The number of pyridine rings is 1. The van der Waals surface area contributed by atoms with E-state index in [1.807, 2.05) is 6.07 Å². The molecule has 1 aromatic heterocycles. The third-order valence-corrected chi connectivity index (χ3v) is 3.92. The van der Waals surface area contributed by atoms with Crippen molar-refractivity contribution in [2.75, 3.05) is 12.3 Å². The summed E-state index contributed by atoms with van der Waals surface area (Å²) in [5, 5.41) is 14.4. The van der Waals surface area contributed by atoms with Crippen molar-refractivity contribution in [2.24, 2.45) is 0 Å². The van der Waals surface area contributed by atoms with Crippen LogP contribution in [0.5, 0.6) is 0 Å². The van der Waals surface area contributed by atoms with Crippen molar-refractivity contribution in [3.63, 3.8) is 0 Å². The number of hydrogen-bond acceptors (Lipinski definition) is 4. The van der Waals surface area contributed by atoms with Gasteiger partial charge in [-0.05, 0) is 25.0 Å². The SMILES string of the molecule is OC(CNC1CC1)CSc1ncccc1Cl. The van der Waals surface area contributed by atoms with E-state index < -0.39 is 0 Å². The van der Waals surface area contributed by atoms with E-state index in [0.717, 1.165) is 5.03 Å². The fraction of sp³-hybridized carbons (Fsp3) is 0.545. The second-order valence-electron chi connectivity index (χ2n) is 3.94. The van der Waals surface area contributed by atoms with Crippen molar-refractivity contribution < 1.29 is 5.11 Å². The number of nitrogens with zero attached hydrogens (tertiary/aromatic N) is 1. The van der Waals surface area contributed by atoms with Crippen LogP contribution in [0.4, 0.5) is 0 Å². The first-order valence-corrected chi connectivity index (χ1v) is 6.77. The van der Waals surface area contributed by atoms with E-state index in [0.29, 0.717) is 23.4 Å². The van der Waals surface area contributed by atoms with Gasteiger partial charge in [-0.25, -0.2) is 4.98 Å². The van der Waals surface area contributed by atoms with Crippen molar-refractivity contribution in [3.05, 3.63) is 23.4 Å². The zero-order valence-corrected chi connectivity index (χ0v) is 10.5. The van der Waals surface area contributed by atoms with Crippen LogP contribution in [0.3, 0.4) is 0 Å². The van der Waals surface area contributed by atoms with Gasteiger partial charge in [0.15, 0.2) is 0 Å². The molecule has 0 saturated heterocycles. The summed E-state index contributed by atoms with van der Waals surface area (Å²) in [6.45, 7) is 0.655. The maximum atomic E-state index is 9.72. The predicted molar refractivity (Wildman–Crippen MR) is 67.0 cm³/mol. The highest BCUT2D eigenvalue weighted by molar-refractivity contribution is 7.99. The molecule has 1 aromatic rings. The smallest absolute Gasteiger partial charge is 0.115 e. The van der Waals surface area contributed by atoms with E-state index >= 15 is 0 Å². The van der Waals surface area contributed by atoms with Gasteiger partial charge in [-0.1, -0.05) is 11.6 Å². The number of aromatic nitrogens is 1. The molecule has 0 aliphatic heterocycles. The molecule has 88 valence electrons. The molecule has 1 saturated carbocycles. The number of halogens is 1. The fourth-order valence-corrected chi connectivity index (χ4v) is 2.40. The van der Waals surface area contributed by atoms with Gasteiger partial charge in [0.2, 0.25) is 0 Å². The van der Waals surface area contributed by atoms with Crippen LogP contribution in [0.2, 0.25) is 5.02 Å². The molecule has 0 spiro atoms. The fourth-order valence-electron chi connectivity index (χ4n) is 1.30. The molecule has 0 radical (unpaired) electrons. The van der Waals surface area contributed by atoms with E-state index in [2.05, 4.69) is 10.3 Å². The van der Waals surface area contributed by atoms with Crippen LogP contribution in [0.15, 0.2) is 23.4 Å². The summed E-state index contributed by atoms with van der Waals surface area (Å²) in [6.07, 6.45) is 3.85. The van der Waals surface area contributed by atoms with Crippen molar-refractivity contribution in [2.45, 2.75) is 30.0 Å². The minimum atomic E-state index is -0.344. The van der Waals surface area contributed by atoms with Gasteiger partial charge < -0.3 is 10.4 Å². The van der Waals surface area contributed by atoms with E-state index in [9.17, 15) is 5.11 Å². The molecule has 1 aliphatic carbocycles. The summed E-state index contributed by atoms with van der Waals surface area (Å²) in [7, 11) is 0. The Kier molecular flexibility index (Phi) is 4.46. The average molecular weight is 259 g/mol. The zero-order valence-electron chi connectivity index (χ0n) is 8.90. The minimum Gasteiger partial charge on any atom is -0.391 e. The lowest BCUT2D eigenvalue weighted by atomic mass is 10.4. The molecule has 0 bridgehead atoms. The third kappa shape index (κ3) is 3.94. The monoisotopic (exact) mass is 258 g/mol. The molecule has 0 aromatic carbocycles. The normalized spacial score (nSPS) is 17.4. The molecule has 2 N–H and O–H groups in total. The summed E-state index contributed by atoms with van der Waals surface area (Å²) in [5.41, 5.74) is 0. The lowest BCUT2D eigenvalue weighted by Gasteiger charge is -2.10. The number of aliphatic hydroxyl groups excluding tert-OH is 1. The Bertz CT molecular complexity index is 347. The van der Waals surface area contributed by atoms with Crippen LogP contribution in [0.25, 0.3) is 0 Å². The Labute approximate surface area is 105 Å². The lowest BCUT2D eigenvalue weighted by Crippen LogP contribution is -2.29. The highest BCUT2D eigenvalue weighted by Gasteiger charge is 2.21. The van der Waals surface area contributed by atoms with Crippen molar-refractivity contribution in [3.8, 4) is 0 Å². The average Bonchev–Trinajstić information content (AvgIpc) is 3.09. The van der Waals surface area contributed by atoms with E-state index in [4.69, 9.17) is 11.6 Å². The van der Waals surface area contributed by atoms with Gasteiger partial charge in [-0.3, -0.25) is 0 Å². The van der Waals surface area contributed by atoms with E-state index in [-0.39, 0.29) is 6.10 Å². The van der Waals surface area contributed by atoms with Crippen molar-refractivity contribution in [1.29, 1.82) is 0 Å². The van der Waals surface area contributed by atoms with Gasteiger partial charge in [0.25, 0.3) is 0 Å². The highest BCUT2D eigenvalue weighted by atomic mass is 35.5. The van der Waals surface area contributed by atoms with E-state index in [1.54, 1.807) is 12.3 Å². The first kappa shape index (κ1) is 12.2. The summed E-state index contributed by atoms with van der Waals surface area (Å²) >= 11 is 7.46. The number of aliphatic hydroxyl groups is 1. The van der Waals surface area contributed by atoms with Gasteiger partial charge in [0, 0.05) is 24.5 Å². The van der Waals surface area contributed by atoms with Crippen LogP contribution in [0, 0.1) is 0 Å². The molecular weight excluding hydrogens is 244 g/mol. The van der Waals surface area contributed by atoms with Gasteiger partial charge >= 0.3 is 0 Å². The molecular formula is C11H15ClN2OS. The number of nitrogens with one attached hydrogen (secondary N) is 1. The first-order chi connectivity index (χ1) is 7.75. The molecule has 2 rings (SSSR count). The summed E-state index contributed by atoms with van der Waals surface area (Å²) in [6, 6.07) is 4.25. The number of hydrogen-bond donors (Lipinski definition) is 2. The van der Waals surface area contributed by atoms with Gasteiger partial charge in [-0.2, -0.15) is 0 Å². The number of thioether (sulfide) groups is 1. The van der Waals surface area contributed by atoms with E-state index in [1.165, 1.54) is 24.6 Å². The maximum absolute atomic E-state index is 9.72. The Morgan fingerprint density at radius 2 is 2.44 bits per heavy atom. The molecule has 1 aliphatic rings. The highest BCUT2D eigenvalue weighted by Crippen LogP contribution is 2.24. The van der Waals surface area contributed by atoms with Crippen molar-refractivity contribution in [1.82, 2.24) is 10.3 Å². The first-order valence-electron chi connectivity index (χ1n) is 5.40. The summed E-state index contributed by atoms with van der Waals surface area (Å²) < 4.78 is 0. The Balaban J connectivity index is 1.71. The van der Waals surface area contributed by atoms with Crippen LogP contribution in [-0.4, -0.2) is 34.5 Å². The third-order valence-electron chi connectivity index (χ3n) is 2.36. The van der Waals surface area contributed by atoms with Crippen LogP contribution < -0.4 is 5.32 Å². The largest absolute Gasteiger partial charge is 0.391 e. The van der Waals surface area contributed by atoms with Crippen LogP contribution in [-0.2, 0) is 0 Å². The quantitative estimate of drug-likeness (QED) is 0.766. The Hall–Kier alpha value is -0.290. The molecule has 5 heteroatoms. The predicted octanol–water partition coefficient (Wildman–Crippen LogP) is 1.94. The van der Waals surface area contributed by atoms with Crippen molar-refractivity contribution >= 4 is 23.4 Å². The molecule has 1 heterocycles. The topological polar surface area (TPSA) is 45.1 Å². The Morgan fingerprint density at radius 1 is 1.62 bits per heavy atom. The molecule has 16 heavy (non-hydrogen) atoms. The minimum absolute atomic E-state index is 0.344. The lowest BCUT2D eigenvalue weighted by molar-refractivity contribution is 0.195. The summed E-state index contributed by atoms with van der Waals surface area (Å²) in [5.74, 6) is 0.621. The maximum Gasteiger partial charge on any atom is 0.115 e. The van der Waals surface area contributed by atoms with Gasteiger partial charge in [0.05, 0.1) is 11.1 Å². The van der Waals surface area contributed by atoms with Gasteiger partial charge in [0.1, 0.15) is 5.03 Å². The standard InChI is InChI=1S/C11H15ClN2OS/c12-10-2-1-5-13-11(10)16-7-9(15)6-14-8-3-4-8/h1-2,5,8-9,14-15H,3-4,6-7H2. The summed E-state index contributed by atoms with van der Waals surface area (Å²) in [4.78, 5) is 4.16. The Morgan fingerprint density at radius 3 is 3.12 bits per heavy atom. The molecule has 1 fully saturated rings. The molecule has 3 nitrogen and oxygen atoms in total.